The number of aromatic nitrogens is 6. The Balaban J connectivity index is 0.000000136. The number of carbonyl (C=O) groups is 4. The van der Waals surface area contributed by atoms with Crippen molar-refractivity contribution in [2.75, 3.05) is 50.6 Å². The molecule has 19 nitrogen and oxygen atoms in total. The molecule has 1 aliphatic heterocycles. The molecule has 6 heterocycles. The smallest absolute Gasteiger partial charge is 0.478 e. The number of amides is 1. The Labute approximate surface area is 632 Å². The molecule has 0 radical (unpaired) electrons. The molecule has 1 fully saturated rings. The van der Waals surface area contributed by atoms with Gasteiger partial charge in [-0.15, -0.1) is 0 Å². The fourth-order valence-corrected chi connectivity index (χ4v) is 12.7. The summed E-state index contributed by atoms with van der Waals surface area (Å²) in [5.74, 6) is 0.932. The van der Waals surface area contributed by atoms with Gasteiger partial charge in [-0.2, -0.15) is 0 Å². The minimum atomic E-state index is -1.44. The van der Waals surface area contributed by atoms with Crippen LogP contribution in [0.15, 0.2) is 279 Å². The van der Waals surface area contributed by atoms with Crippen molar-refractivity contribution in [3.05, 3.63) is 329 Å². The van der Waals surface area contributed by atoms with Crippen LogP contribution in [0.2, 0.25) is 0 Å². The number of ketones is 1. The van der Waals surface area contributed by atoms with Crippen LogP contribution in [0.3, 0.4) is 0 Å². The zero-order chi connectivity index (χ0) is 75.8. The van der Waals surface area contributed by atoms with Crippen LogP contribution < -0.4 is 25.2 Å². The molecular weight excluding hydrogens is 1420 g/mol. The molecule has 4 N–H and O–H groups in total. The topological polar surface area (TPSA) is 245 Å². The number of nitrogens with zero attached hydrogens (tertiary/aromatic N) is 8. The van der Waals surface area contributed by atoms with E-state index >= 15 is 0 Å². The van der Waals surface area contributed by atoms with Crippen LogP contribution in [-0.2, 0) is 4.74 Å². The molecule has 10 aromatic carbocycles. The van der Waals surface area contributed by atoms with Crippen molar-refractivity contribution in [3.8, 4) is 28.7 Å². The largest absolute Gasteiger partial charge is 0.489 e. The van der Waals surface area contributed by atoms with E-state index in [4.69, 9.17) is 29.4 Å². The van der Waals surface area contributed by atoms with Crippen LogP contribution in [0.25, 0.3) is 59.5 Å². The number of hydrogen-bond donors (Lipinski definition) is 4. The van der Waals surface area contributed by atoms with Crippen LogP contribution >= 0.6 is 15.9 Å². The molecule has 5 aromatic heterocycles. The highest BCUT2D eigenvalue weighted by molar-refractivity contribution is 9.10. The molecule has 1 amide bonds. The van der Waals surface area contributed by atoms with Gasteiger partial charge in [-0.3, -0.25) is 29.5 Å². The maximum Gasteiger partial charge on any atom is 0.489 e. The highest BCUT2D eigenvalue weighted by Crippen LogP contribution is 2.35. The summed E-state index contributed by atoms with van der Waals surface area (Å²) < 4.78 is 20.2. The third kappa shape index (κ3) is 18.3. The number of pyridine rings is 4. The number of carbonyl (C=O) groups excluding carboxylic acids is 3. The minimum Gasteiger partial charge on any atom is -0.478 e. The van der Waals surface area contributed by atoms with Crippen LogP contribution in [0.1, 0.15) is 69.4 Å². The fraction of sp³-hybridized carbons (Fsp3) is 0.115. The predicted molar refractivity (Wildman–Crippen MR) is 430 cm³/mol. The van der Waals surface area contributed by atoms with E-state index in [1.54, 1.807) is 99.1 Å². The Hall–Kier alpha value is -12.8. The number of carboxylic acids is 1. The summed E-state index contributed by atoms with van der Waals surface area (Å²) in [5.41, 5.74) is 8.84. The van der Waals surface area contributed by atoms with Crippen molar-refractivity contribution in [2.45, 2.75) is 27.7 Å². The van der Waals surface area contributed by atoms with Gasteiger partial charge in [0, 0.05) is 136 Å². The highest BCUT2D eigenvalue weighted by Gasteiger charge is 2.21. The van der Waals surface area contributed by atoms with Gasteiger partial charge in [0.05, 0.1) is 35.9 Å². The van der Waals surface area contributed by atoms with E-state index in [9.17, 15) is 19.2 Å². The van der Waals surface area contributed by atoms with Crippen molar-refractivity contribution in [3.63, 3.8) is 0 Å². The lowest BCUT2D eigenvalue weighted by Gasteiger charge is -2.34. The average molecular weight is 1500 g/mol. The molecule has 21 heteroatoms. The summed E-state index contributed by atoms with van der Waals surface area (Å²) >= 11 is 3.46. The standard InChI is InChI=1S/C32H32N6O2.C19H16O3.C18H13NO3.C9H8BNO2.C9H6BrN/c1-22-7-8-25(15-31(22)40-30-6-4-5-24-9-10-33-19-29(24)30)32(39)35-26-16-27(37-13-11-36(3)12-14-37)18-28(17-26)38-20-23(2)34-21-38;1-13-10-11-15(19(20)21-2)12-18(13)22-17-9-5-7-14-6-3-4-8-16(14)17;1-11-5-6-13(18(21)22)9-15(11)17(20)14-4-2-3-12-7-8-19-10-16(12)14;12-10(13)9-3-1-2-7-4-5-11-6-8(7)9;10-9-3-1-2-7-4-5-11-6-8(7)9/h4-10,15-21H,11-14H2,1-3H3,(H,35,39);3-12H,1-2H3;2-10H,1H3,(H,21,22);1-6,12-13H;1-6H. The molecule has 0 unspecified atom stereocenters. The number of aryl methyl sites for hydroxylation is 4. The van der Waals surface area contributed by atoms with Gasteiger partial charge in [-0.1, -0.05) is 131 Å². The van der Waals surface area contributed by atoms with Gasteiger partial charge < -0.3 is 49.0 Å². The van der Waals surface area contributed by atoms with Gasteiger partial charge in [-0.25, -0.2) is 14.6 Å². The number of anilines is 2. The number of esters is 1. The number of aromatic carboxylic acids is 1. The Morgan fingerprint density at radius 2 is 0.991 bits per heavy atom. The van der Waals surface area contributed by atoms with E-state index in [2.05, 4.69) is 75.1 Å². The molecule has 16 rings (SSSR count). The molecule has 108 heavy (non-hydrogen) atoms. The minimum absolute atomic E-state index is 0.104. The van der Waals surface area contributed by atoms with E-state index in [0.29, 0.717) is 45.0 Å². The molecule has 0 aliphatic carbocycles. The summed E-state index contributed by atoms with van der Waals surface area (Å²) in [4.78, 5) is 74.5. The first kappa shape index (κ1) is 74.9. The SMILES string of the molecule is Brc1cccc2ccncc12.COC(=O)c1ccc(C)c(Oc2cccc3ccccc23)c1.Cc1ccc(C(=O)O)cc1C(=O)c1cccc2ccncc12.Cc1cn(-c2cc(NC(=O)c3ccc(C)c(Oc4cccc5ccncc45)c3)cc(N3CCN(C)CC3)c2)cn1.OB(O)c1cccc2ccncc12. The van der Waals surface area contributed by atoms with Crippen LogP contribution in [0.5, 0.6) is 23.0 Å². The van der Waals surface area contributed by atoms with Gasteiger partial charge >= 0.3 is 19.1 Å². The third-order valence-corrected chi connectivity index (χ3v) is 18.9. The molecule has 538 valence electrons. The summed E-state index contributed by atoms with van der Waals surface area (Å²) in [6, 6.07) is 66.0. The van der Waals surface area contributed by atoms with E-state index in [-0.39, 0.29) is 23.2 Å². The maximum absolute atomic E-state index is 13.5. The summed E-state index contributed by atoms with van der Waals surface area (Å²) in [6.07, 6.45) is 17.6. The van der Waals surface area contributed by atoms with E-state index in [1.807, 2.05) is 183 Å². The maximum atomic E-state index is 13.5. The summed E-state index contributed by atoms with van der Waals surface area (Å²) in [7, 11) is 2.07. The Kier molecular flexibility index (Phi) is 24.2. The summed E-state index contributed by atoms with van der Waals surface area (Å²) in [5, 5.41) is 40.2. The third-order valence-electron chi connectivity index (χ3n) is 18.2. The van der Waals surface area contributed by atoms with Crippen LogP contribution in [0, 0.1) is 27.7 Å². The first-order chi connectivity index (χ1) is 52.3. The van der Waals surface area contributed by atoms with Crippen LogP contribution in [0.4, 0.5) is 11.4 Å². The second-order valence-corrected chi connectivity index (χ2v) is 26.5. The van der Waals surface area contributed by atoms with Crippen molar-refractivity contribution in [1.82, 2.24) is 34.4 Å². The van der Waals surface area contributed by atoms with Gasteiger partial charge in [0.1, 0.15) is 23.0 Å². The first-order valence-electron chi connectivity index (χ1n) is 34.6. The normalized spacial score (nSPS) is 11.7. The van der Waals surface area contributed by atoms with Gasteiger partial charge in [0.2, 0.25) is 0 Å². The van der Waals surface area contributed by atoms with Crippen molar-refractivity contribution in [1.29, 1.82) is 0 Å². The molecule has 0 saturated carbocycles. The fourth-order valence-electron chi connectivity index (χ4n) is 12.2. The molecular formula is C87H75BBrN9O10. The number of piperazine rings is 1. The molecule has 0 spiro atoms. The van der Waals surface area contributed by atoms with Crippen molar-refractivity contribution >= 4 is 117 Å². The Morgan fingerprint density at radius 1 is 0.481 bits per heavy atom. The lowest BCUT2D eigenvalue weighted by atomic mass is 9.78. The van der Waals surface area contributed by atoms with Crippen molar-refractivity contribution in [2.24, 2.45) is 0 Å². The van der Waals surface area contributed by atoms with E-state index < -0.39 is 13.1 Å². The number of hydrogen-bond acceptors (Lipinski definition) is 16. The number of nitrogens with one attached hydrogen (secondary N) is 1. The van der Waals surface area contributed by atoms with Crippen molar-refractivity contribution < 1.29 is 48.5 Å². The molecule has 1 saturated heterocycles. The number of fused-ring (bicyclic) bond motifs is 5. The molecule has 15 aromatic rings. The van der Waals surface area contributed by atoms with Crippen LogP contribution in [-0.4, -0.2) is 121 Å². The monoisotopic (exact) mass is 1500 g/mol. The Bertz CT molecular complexity index is 5770. The lowest BCUT2D eigenvalue weighted by Crippen LogP contribution is -2.44. The first-order valence-corrected chi connectivity index (χ1v) is 35.4. The van der Waals surface area contributed by atoms with E-state index in [0.717, 1.165) is 124 Å². The number of benzene rings is 10. The zero-order valence-electron chi connectivity index (χ0n) is 60.0. The number of carboxylic acid groups (broad SMARTS) is 1. The van der Waals surface area contributed by atoms with E-state index in [1.165, 1.54) is 24.6 Å². The second kappa shape index (κ2) is 34.9. The predicted octanol–water partition coefficient (Wildman–Crippen LogP) is 16.9. The molecule has 0 bridgehead atoms. The molecule has 0 atom stereocenters. The number of halogens is 1. The number of imidazole rings is 1. The molecule has 1 aliphatic rings. The van der Waals surface area contributed by atoms with Gasteiger partial charge in [0.15, 0.2) is 5.78 Å². The number of likely N-dealkylation sites (N-methyl/N-ethyl adjacent to an activating group) is 1. The zero-order valence-corrected chi connectivity index (χ0v) is 61.6. The number of ether oxygens (including phenoxy) is 3. The lowest BCUT2D eigenvalue weighted by molar-refractivity contribution is 0.0599. The Morgan fingerprint density at radius 3 is 1.61 bits per heavy atom. The number of methoxy groups -OCH3 is 1. The number of rotatable bonds is 13. The highest BCUT2D eigenvalue weighted by atomic mass is 79.9. The van der Waals surface area contributed by atoms with Gasteiger partial charge in [-0.05, 0) is 186 Å². The average Bonchev–Trinajstić information content (AvgIpc) is 1.71. The summed E-state index contributed by atoms with van der Waals surface area (Å²) in [6.45, 7) is 11.5. The second-order valence-electron chi connectivity index (χ2n) is 25.6. The van der Waals surface area contributed by atoms with Gasteiger partial charge in [0.25, 0.3) is 5.91 Å². The quantitative estimate of drug-likeness (QED) is 0.0476.